The lowest BCUT2D eigenvalue weighted by molar-refractivity contribution is 0.178. The molecule has 5 aliphatic rings. The van der Waals surface area contributed by atoms with Crippen LogP contribution in [0.2, 0.25) is 0 Å². The van der Waals surface area contributed by atoms with Crippen molar-refractivity contribution in [2.45, 2.75) is 43.5 Å². The maximum Gasteiger partial charge on any atom is 0.252 e. The van der Waals surface area contributed by atoms with Crippen LogP contribution in [0.3, 0.4) is 0 Å². The Morgan fingerprint density at radius 1 is 0.696 bits per heavy atom. The van der Waals surface area contributed by atoms with Crippen LogP contribution in [-0.2, 0) is 41.5 Å². The average molecular weight is 776 g/mol. The summed E-state index contributed by atoms with van der Waals surface area (Å²) in [6, 6.07) is 26.9. The normalized spacial score (nSPS) is 18.7. The molecule has 0 spiro atoms. The molecule has 10 rings (SSSR count). The van der Waals surface area contributed by atoms with E-state index in [1.54, 1.807) is 34.5 Å². The van der Waals surface area contributed by atoms with Crippen LogP contribution in [0.15, 0.2) is 84.9 Å². The van der Waals surface area contributed by atoms with Crippen LogP contribution in [0.25, 0.3) is 0 Å². The first-order valence-corrected chi connectivity index (χ1v) is 20.5. The molecule has 5 aliphatic heterocycles. The van der Waals surface area contributed by atoms with Gasteiger partial charge in [-0.15, -0.1) is 0 Å². The Balaban J connectivity index is 1.30. The van der Waals surface area contributed by atoms with Gasteiger partial charge in [-0.1, -0.05) is 42.5 Å². The molecular formula is C44H45N3O8S. The number of hydrogen-bond acceptors (Lipinski definition) is 10. The molecule has 0 amide bonds. The Bertz CT molecular complexity index is 2420. The third-order valence-electron chi connectivity index (χ3n) is 11.6. The lowest BCUT2D eigenvalue weighted by Crippen LogP contribution is -2.54. The monoisotopic (exact) mass is 775 g/mol. The molecule has 56 heavy (non-hydrogen) atoms. The highest BCUT2D eigenvalue weighted by molar-refractivity contribution is 7.91. The zero-order chi connectivity index (χ0) is 38.7. The molecule has 0 aromatic heterocycles. The molecule has 2 atom stereocenters. The molecule has 11 nitrogen and oxygen atoms in total. The summed E-state index contributed by atoms with van der Waals surface area (Å²) < 4.78 is 68.8. The molecule has 5 aromatic carbocycles. The van der Waals surface area contributed by atoms with E-state index in [1.807, 2.05) is 59.6 Å². The number of likely N-dealkylation sites (N-methyl/N-ethyl adjacent to an activating group) is 1. The number of fused-ring (bicyclic) bond motifs is 2. The van der Waals surface area contributed by atoms with Gasteiger partial charge in [-0.2, -0.15) is 9.42 Å². The first-order valence-electron chi connectivity index (χ1n) is 18.9. The summed E-state index contributed by atoms with van der Waals surface area (Å²) in [4.78, 5) is 2.38. The second-order valence-electron chi connectivity index (χ2n) is 14.8. The number of nitrogens with zero attached hydrogens (tertiary/aromatic N) is 3. The van der Waals surface area contributed by atoms with Crippen molar-refractivity contribution in [3.63, 3.8) is 0 Å². The summed E-state index contributed by atoms with van der Waals surface area (Å²) in [6.07, 6.45) is 2.62. The van der Waals surface area contributed by atoms with Crippen LogP contribution in [0, 0.1) is 0 Å². The van der Waals surface area contributed by atoms with Crippen molar-refractivity contribution in [2.24, 2.45) is 0 Å². The van der Waals surface area contributed by atoms with E-state index in [-0.39, 0.29) is 11.8 Å². The van der Waals surface area contributed by atoms with Gasteiger partial charge in [0.05, 0.1) is 45.9 Å². The van der Waals surface area contributed by atoms with Gasteiger partial charge in [0.2, 0.25) is 5.75 Å². The number of hydrogen-bond donors (Lipinski definition) is 0. The minimum Gasteiger partial charge on any atom is -0.493 e. The zero-order valence-corrected chi connectivity index (χ0v) is 33.0. The quantitative estimate of drug-likeness (QED) is 0.163. The predicted molar refractivity (Wildman–Crippen MR) is 213 cm³/mol. The fourth-order valence-corrected chi connectivity index (χ4v) is 10.6. The smallest absolute Gasteiger partial charge is 0.252 e. The minimum absolute atomic E-state index is 0.0752. The summed E-state index contributed by atoms with van der Waals surface area (Å²) >= 11 is 0. The molecular weight excluding hydrogens is 731 g/mol. The van der Waals surface area contributed by atoms with Gasteiger partial charge in [-0.3, -0.25) is 4.90 Å². The Morgan fingerprint density at radius 2 is 1.39 bits per heavy atom. The number of anilines is 1. The molecule has 0 fully saturated rings. The molecule has 7 bridgehead atoms. The van der Waals surface area contributed by atoms with Gasteiger partial charge in [-0.25, -0.2) is 8.42 Å². The van der Waals surface area contributed by atoms with Crippen molar-refractivity contribution in [1.29, 1.82) is 0 Å². The highest BCUT2D eigenvalue weighted by Gasteiger charge is 2.45. The summed E-state index contributed by atoms with van der Waals surface area (Å²) in [7, 11) is 4.59. The Hall–Kier alpha value is -5.43. The predicted octanol–water partition coefficient (Wildman–Crippen LogP) is 7.80. The van der Waals surface area contributed by atoms with Crippen LogP contribution < -0.4 is 32.8 Å². The molecule has 0 saturated heterocycles. The minimum atomic E-state index is -4.00. The molecule has 0 unspecified atom stereocenters. The molecule has 12 heteroatoms. The highest BCUT2D eigenvalue weighted by atomic mass is 32.2. The first-order chi connectivity index (χ1) is 27.2. The van der Waals surface area contributed by atoms with Gasteiger partial charge in [-0.05, 0) is 103 Å². The zero-order valence-electron chi connectivity index (χ0n) is 32.2. The SMILES string of the molecule is COc1cc2c3cc1Oc1ccc(cc1)C[C@H]1c4cc(c(OC)cc4CCN1C)Oc1c(OC)c(OC)cc4c1[C@H](C3)N(CC4)N2S(=O)(=O)Cc1ccccc1. The van der Waals surface area contributed by atoms with Gasteiger partial charge in [0.25, 0.3) is 10.0 Å². The molecule has 0 radical (unpaired) electrons. The average Bonchev–Trinajstić information content (AvgIpc) is 3.20. The van der Waals surface area contributed by atoms with E-state index in [9.17, 15) is 8.42 Å². The summed E-state index contributed by atoms with van der Waals surface area (Å²) in [5.41, 5.74) is 7.31. The molecule has 0 N–H and O–H groups in total. The number of sulfonamides is 1. The third-order valence-corrected chi connectivity index (χ3v) is 13.2. The van der Waals surface area contributed by atoms with Gasteiger partial charge < -0.3 is 28.4 Å². The highest BCUT2D eigenvalue weighted by Crippen LogP contribution is 2.55. The van der Waals surface area contributed by atoms with Gasteiger partial charge >= 0.3 is 0 Å². The number of hydrazine groups is 1. The lowest BCUT2D eigenvalue weighted by atomic mass is 9.86. The maximum atomic E-state index is 14.9. The molecule has 0 aliphatic carbocycles. The summed E-state index contributed by atoms with van der Waals surface area (Å²) in [6.45, 7) is 1.32. The topological polar surface area (TPSA) is 99.2 Å². The number of rotatable bonds is 7. The van der Waals surface area contributed by atoms with E-state index in [0.29, 0.717) is 76.6 Å². The summed E-state index contributed by atoms with van der Waals surface area (Å²) in [5, 5.41) is 1.95. The van der Waals surface area contributed by atoms with Crippen molar-refractivity contribution in [2.75, 3.05) is 53.0 Å². The Morgan fingerprint density at radius 3 is 2.12 bits per heavy atom. The fraction of sp³-hybridized carbons (Fsp3) is 0.318. The van der Waals surface area contributed by atoms with E-state index in [1.165, 1.54) is 9.98 Å². The van der Waals surface area contributed by atoms with Crippen LogP contribution in [-0.4, -0.2) is 66.9 Å². The Labute approximate surface area is 327 Å². The molecule has 290 valence electrons. The molecule has 0 saturated carbocycles. The standard InChI is InChI=1S/C44H45N3O8S/c1-45-17-15-29-21-37(50-2)40-24-33(29)35(45)19-27-11-13-32(14-12-27)54-39-23-31-20-36-42-30(22-41(52-4)43(53-5)44(42)55-40)16-18-46(36)47(34(31)25-38(39)51-3)56(48,49)26-28-9-7-6-8-10-28/h6-14,21-25,35-36H,15-20,26H2,1-5H3/t35-,36-/m0/s1. The van der Waals surface area contributed by atoms with Crippen LogP contribution in [0.1, 0.15) is 51.0 Å². The largest absolute Gasteiger partial charge is 0.493 e. The van der Waals surface area contributed by atoms with Crippen LogP contribution >= 0.6 is 0 Å². The van der Waals surface area contributed by atoms with Crippen molar-refractivity contribution in [1.82, 2.24) is 9.91 Å². The Kier molecular flexibility index (Phi) is 9.22. The number of ether oxygens (including phenoxy) is 6. The lowest BCUT2D eigenvalue weighted by Gasteiger charge is -2.48. The fourth-order valence-electron chi connectivity index (χ4n) is 8.83. The van der Waals surface area contributed by atoms with E-state index in [0.717, 1.165) is 47.2 Å². The second-order valence-corrected chi connectivity index (χ2v) is 16.6. The first kappa shape index (κ1) is 36.2. The number of benzene rings is 5. The van der Waals surface area contributed by atoms with E-state index >= 15 is 0 Å². The van der Waals surface area contributed by atoms with Crippen molar-refractivity contribution in [3.8, 4) is 46.0 Å². The van der Waals surface area contributed by atoms with Crippen LogP contribution in [0.5, 0.6) is 46.0 Å². The third kappa shape index (κ3) is 6.16. The van der Waals surface area contributed by atoms with Crippen molar-refractivity contribution >= 4 is 15.7 Å². The number of methoxy groups -OCH3 is 4. The molecule has 5 aromatic rings. The van der Waals surface area contributed by atoms with Gasteiger partial charge in [0.1, 0.15) is 5.75 Å². The van der Waals surface area contributed by atoms with Crippen molar-refractivity contribution < 1.29 is 36.8 Å². The summed E-state index contributed by atoms with van der Waals surface area (Å²) in [5.74, 6) is 3.91. The maximum absolute atomic E-state index is 14.9. The van der Waals surface area contributed by atoms with Gasteiger partial charge in [0.15, 0.2) is 34.5 Å². The van der Waals surface area contributed by atoms with Crippen molar-refractivity contribution in [3.05, 3.63) is 124 Å². The van der Waals surface area contributed by atoms with Crippen LogP contribution in [0.4, 0.5) is 5.69 Å². The van der Waals surface area contributed by atoms with E-state index in [2.05, 4.69) is 36.2 Å². The van der Waals surface area contributed by atoms with E-state index < -0.39 is 16.1 Å². The second kappa shape index (κ2) is 14.3. The molecule has 5 heterocycles. The van der Waals surface area contributed by atoms with Gasteiger partial charge in [0, 0.05) is 30.8 Å². The van der Waals surface area contributed by atoms with E-state index in [4.69, 9.17) is 28.4 Å².